The Morgan fingerprint density at radius 3 is 2.45 bits per heavy atom. The second-order valence-corrected chi connectivity index (χ2v) is 8.22. The lowest BCUT2D eigenvalue weighted by Gasteiger charge is -2.12. The van der Waals surface area contributed by atoms with Crippen LogP contribution in [0.3, 0.4) is 0 Å². The van der Waals surface area contributed by atoms with E-state index in [0.717, 1.165) is 0 Å². The summed E-state index contributed by atoms with van der Waals surface area (Å²) in [7, 11) is 1.78. The van der Waals surface area contributed by atoms with Gasteiger partial charge in [-0.2, -0.15) is 18.2 Å². The van der Waals surface area contributed by atoms with Crippen LogP contribution in [0.15, 0.2) is 76.0 Å². The fourth-order valence-electron chi connectivity index (χ4n) is 3.72. The second kappa shape index (κ2) is 9.94. The van der Waals surface area contributed by atoms with Crippen molar-refractivity contribution in [3.05, 3.63) is 83.9 Å². The third-order valence-electron chi connectivity index (χ3n) is 5.72. The molecule has 0 spiro atoms. The van der Waals surface area contributed by atoms with E-state index < -0.39 is 41.1 Å². The van der Waals surface area contributed by atoms with Crippen LogP contribution in [-0.4, -0.2) is 35.9 Å². The number of nitrogens with one attached hydrogen (secondary N) is 1. The largest absolute Gasteiger partial charge is 0.422 e. The van der Waals surface area contributed by atoms with Gasteiger partial charge in [-0.3, -0.25) is 4.79 Å². The van der Waals surface area contributed by atoms with E-state index in [4.69, 9.17) is 9.05 Å². The summed E-state index contributed by atoms with van der Waals surface area (Å²) >= 11 is 0. The average Bonchev–Trinajstić information content (AvgIpc) is 3.66. The molecule has 38 heavy (non-hydrogen) atoms. The van der Waals surface area contributed by atoms with Gasteiger partial charge in [0.15, 0.2) is 6.10 Å². The molecule has 0 radical (unpaired) electrons. The van der Waals surface area contributed by atoms with Gasteiger partial charge in [-0.1, -0.05) is 64.9 Å². The number of aryl methyl sites for hydroxylation is 1. The molecule has 5 aromatic rings. The Labute approximate surface area is 212 Å². The maximum absolute atomic E-state index is 13.9. The maximum Gasteiger partial charge on any atom is 0.422 e. The number of imidazole rings is 1. The van der Waals surface area contributed by atoms with Crippen molar-refractivity contribution in [3.8, 4) is 34.3 Å². The number of aliphatic hydroxyl groups is 1. The van der Waals surface area contributed by atoms with Crippen LogP contribution in [0.2, 0.25) is 0 Å². The standard InChI is InChI=1S/C25H19F3N6O4/c1-34-12-11-29-17(34)13-30-23(36)20(35)15-7-9-16(10-8-15)22-31-24(38-33-22)21-18(25(26,27)28)19(32-37-21)14-5-3-2-4-6-14/h2-12,20,35H,13H2,1H3,(H,30,36)/t20-/m1/s1. The molecule has 2 N–H and O–H groups in total. The number of hydrogen-bond donors (Lipinski definition) is 2. The number of nitrogens with zero attached hydrogens (tertiary/aromatic N) is 5. The van der Waals surface area contributed by atoms with Crippen molar-refractivity contribution in [2.24, 2.45) is 7.05 Å². The molecule has 0 aliphatic heterocycles. The monoisotopic (exact) mass is 524 g/mol. The number of aromatic nitrogens is 5. The average molecular weight is 524 g/mol. The zero-order valence-corrected chi connectivity index (χ0v) is 19.7. The van der Waals surface area contributed by atoms with Gasteiger partial charge in [0.05, 0.1) is 6.54 Å². The van der Waals surface area contributed by atoms with Crippen molar-refractivity contribution in [2.75, 3.05) is 0 Å². The molecule has 1 amide bonds. The summed E-state index contributed by atoms with van der Waals surface area (Å²) in [6.07, 6.45) is -2.93. The molecule has 0 fully saturated rings. The smallest absolute Gasteiger partial charge is 0.378 e. The summed E-state index contributed by atoms with van der Waals surface area (Å²) in [5, 5.41) is 20.3. The zero-order chi connectivity index (χ0) is 26.9. The first-order chi connectivity index (χ1) is 18.2. The van der Waals surface area contributed by atoms with E-state index in [1.807, 2.05) is 0 Å². The van der Waals surface area contributed by atoms with E-state index >= 15 is 0 Å². The molecule has 1 atom stereocenters. The van der Waals surface area contributed by atoms with Crippen LogP contribution in [-0.2, 0) is 24.6 Å². The van der Waals surface area contributed by atoms with Crippen LogP contribution in [0.4, 0.5) is 13.2 Å². The third kappa shape index (κ3) is 4.91. The molecule has 0 bridgehead atoms. The van der Waals surface area contributed by atoms with Crippen LogP contribution < -0.4 is 5.32 Å². The highest BCUT2D eigenvalue weighted by Crippen LogP contribution is 2.43. The molecule has 10 nitrogen and oxygen atoms in total. The van der Waals surface area contributed by atoms with Gasteiger partial charge in [0.25, 0.3) is 11.8 Å². The van der Waals surface area contributed by atoms with Gasteiger partial charge in [0.1, 0.15) is 17.1 Å². The topological polar surface area (TPSA) is 132 Å². The summed E-state index contributed by atoms with van der Waals surface area (Å²) in [6, 6.07) is 13.7. The third-order valence-corrected chi connectivity index (χ3v) is 5.72. The number of benzene rings is 2. The van der Waals surface area contributed by atoms with Crippen LogP contribution in [0.1, 0.15) is 23.1 Å². The normalized spacial score (nSPS) is 12.4. The Morgan fingerprint density at radius 1 is 1.05 bits per heavy atom. The Bertz CT molecular complexity index is 1560. The predicted octanol–water partition coefficient (Wildman–Crippen LogP) is 4.16. The number of alkyl halides is 3. The number of carbonyl (C=O) groups excluding carboxylic acids is 1. The first-order valence-corrected chi connectivity index (χ1v) is 11.2. The van der Waals surface area contributed by atoms with Gasteiger partial charge < -0.3 is 24.0 Å². The van der Waals surface area contributed by atoms with Gasteiger partial charge in [0, 0.05) is 30.6 Å². The summed E-state index contributed by atoms with van der Waals surface area (Å²) < 4.78 is 53.6. The second-order valence-electron chi connectivity index (χ2n) is 8.22. The van der Waals surface area contributed by atoms with E-state index in [9.17, 15) is 23.1 Å². The van der Waals surface area contributed by atoms with Crippen LogP contribution in [0, 0.1) is 0 Å². The minimum absolute atomic E-state index is 0.0222. The molecule has 0 aliphatic rings. The van der Waals surface area contributed by atoms with E-state index in [1.165, 1.54) is 36.4 Å². The molecule has 2 aromatic carbocycles. The quantitative estimate of drug-likeness (QED) is 0.324. The van der Waals surface area contributed by atoms with E-state index in [0.29, 0.717) is 11.4 Å². The lowest BCUT2D eigenvalue weighted by atomic mass is 10.1. The molecule has 0 aliphatic carbocycles. The number of rotatable bonds is 7. The molecule has 5 rings (SSSR count). The Kier molecular flexibility index (Phi) is 6.51. The first-order valence-electron chi connectivity index (χ1n) is 11.2. The minimum Gasteiger partial charge on any atom is -0.378 e. The number of amides is 1. The summed E-state index contributed by atoms with van der Waals surface area (Å²) in [4.78, 5) is 20.5. The van der Waals surface area contributed by atoms with E-state index in [2.05, 4.69) is 25.6 Å². The fourth-order valence-corrected chi connectivity index (χ4v) is 3.72. The fraction of sp³-hybridized carbons (Fsp3) is 0.160. The Morgan fingerprint density at radius 2 is 1.79 bits per heavy atom. The van der Waals surface area contributed by atoms with Gasteiger partial charge in [-0.25, -0.2) is 4.98 Å². The number of aliphatic hydroxyl groups excluding tert-OH is 1. The summed E-state index contributed by atoms with van der Waals surface area (Å²) in [6.45, 7) is 0.136. The Hall–Kier alpha value is -4.78. The predicted molar refractivity (Wildman–Crippen MR) is 126 cm³/mol. The molecule has 3 aromatic heterocycles. The highest BCUT2D eigenvalue weighted by Gasteiger charge is 2.43. The molecule has 0 unspecified atom stereocenters. The van der Waals surface area contributed by atoms with Crippen molar-refractivity contribution >= 4 is 5.91 Å². The summed E-state index contributed by atoms with van der Waals surface area (Å²) in [5.74, 6) is -1.23. The van der Waals surface area contributed by atoms with Crippen LogP contribution in [0.5, 0.6) is 0 Å². The van der Waals surface area contributed by atoms with E-state index in [-0.39, 0.29) is 23.5 Å². The molecular weight excluding hydrogens is 505 g/mol. The number of hydrogen-bond acceptors (Lipinski definition) is 8. The molecule has 13 heteroatoms. The summed E-state index contributed by atoms with van der Waals surface area (Å²) in [5.41, 5.74) is -0.647. The van der Waals surface area contributed by atoms with E-state index in [1.54, 1.807) is 42.2 Å². The molecular formula is C25H19F3N6O4. The van der Waals surface area contributed by atoms with Crippen molar-refractivity contribution in [1.82, 2.24) is 30.2 Å². The van der Waals surface area contributed by atoms with Gasteiger partial charge >= 0.3 is 6.18 Å². The van der Waals surface area contributed by atoms with Gasteiger partial charge in [0.2, 0.25) is 11.6 Å². The first kappa shape index (κ1) is 24.9. The maximum atomic E-state index is 13.9. The van der Waals surface area contributed by atoms with Gasteiger partial charge in [-0.05, 0) is 5.56 Å². The van der Waals surface area contributed by atoms with Crippen molar-refractivity contribution in [3.63, 3.8) is 0 Å². The number of halogens is 3. The highest BCUT2D eigenvalue weighted by atomic mass is 19.4. The molecule has 0 saturated carbocycles. The SMILES string of the molecule is Cn1ccnc1CNC(=O)[C@H](O)c1ccc(-c2noc(-c3onc(-c4ccccc4)c3C(F)(F)F)n2)cc1. The Balaban J connectivity index is 1.35. The van der Waals surface area contributed by atoms with Crippen molar-refractivity contribution in [2.45, 2.75) is 18.8 Å². The van der Waals surface area contributed by atoms with Crippen LogP contribution in [0.25, 0.3) is 34.3 Å². The highest BCUT2D eigenvalue weighted by molar-refractivity contribution is 5.82. The molecule has 0 saturated heterocycles. The number of carbonyl (C=O) groups is 1. The van der Waals surface area contributed by atoms with Crippen LogP contribution >= 0.6 is 0 Å². The molecule has 3 heterocycles. The van der Waals surface area contributed by atoms with Crippen molar-refractivity contribution < 1.29 is 32.1 Å². The minimum atomic E-state index is -4.80. The zero-order valence-electron chi connectivity index (χ0n) is 19.7. The lowest BCUT2D eigenvalue weighted by Crippen LogP contribution is -2.29. The molecule has 194 valence electrons. The van der Waals surface area contributed by atoms with Crippen molar-refractivity contribution in [1.29, 1.82) is 0 Å². The van der Waals surface area contributed by atoms with Gasteiger partial charge in [-0.15, -0.1) is 0 Å². The lowest BCUT2D eigenvalue weighted by molar-refractivity contribution is -0.137.